The predicted molar refractivity (Wildman–Crippen MR) is 521 cm³/mol. The molecule has 21 amide bonds. The van der Waals surface area contributed by atoms with Gasteiger partial charge in [0.1, 0.15) is 109 Å². The molecule has 1 aromatic rings. The number of hydrogen-bond acceptors (Lipinski definition) is 30. The van der Waals surface area contributed by atoms with Gasteiger partial charge in [0, 0.05) is 18.3 Å². The van der Waals surface area contributed by atoms with Crippen LogP contribution in [-0.4, -0.2) is 349 Å². The van der Waals surface area contributed by atoms with E-state index in [4.69, 9.17) is 5.73 Å². The Kier molecular flexibility index (Phi) is 58.2. The molecule has 1 heterocycles. The van der Waals surface area contributed by atoms with Crippen molar-refractivity contribution >= 4 is 154 Å². The molecule has 0 bridgehead atoms. The number of aromatic nitrogens is 2. The molecule has 1 rings (SSSR count). The number of carbonyl (C=O) groups is 22. The van der Waals surface area contributed by atoms with Crippen molar-refractivity contribution in [1.29, 1.82) is 0 Å². The van der Waals surface area contributed by atoms with E-state index in [1.165, 1.54) is 91.4 Å². The number of rotatable bonds is 65. The summed E-state index contributed by atoms with van der Waals surface area (Å²) in [6.07, 6.45) is 2.15. The lowest BCUT2D eigenvalue weighted by Crippen LogP contribution is -2.62. The maximum atomic E-state index is 14.3. The van der Waals surface area contributed by atoms with Crippen LogP contribution in [0.3, 0.4) is 0 Å². The van der Waals surface area contributed by atoms with Crippen LogP contribution in [0.2, 0.25) is 0 Å². The number of imidazole rings is 1. The quantitative estimate of drug-likeness (QED) is 0.0288. The van der Waals surface area contributed by atoms with Gasteiger partial charge in [-0.05, 0) is 154 Å². The summed E-state index contributed by atoms with van der Waals surface area (Å²) < 4.78 is 0. The van der Waals surface area contributed by atoms with Gasteiger partial charge in [0.25, 0.3) is 0 Å². The number of amides is 21. The second-order valence-electron chi connectivity index (χ2n) is 37.0. The number of nitrogens with two attached hydrogens (primary N) is 1. The van der Waals surface area contributed by atoms with Crippen LogP contribution >= 0.6 is 23.5 Å². The van der Waals surface area contributed by atoms with Gasteiger partial charge in [0.05, 0.1) is 56.9 Å². The monoisotopic (exact) mass is 2060 g/mol. The van der Waals surface area contributed by atoms with Gasteiger partial charge in [-0.3, -0.25) is 101 Å². The third-order valence-electron chi connectivity index (χ3n) is 22.0. The molecule has 51 nitrogen and oxygen atoms in total. The molecule has 142 heavy (non-hydrogen) atoms. The van der Waals surface area contributed by atoms with Crippen molar-refractivity contribution in [2.45, 2.75) is 323 Å². The van der Waals surface area contributed by atoms with Gasteiger partial charge in [-0.2, -0.15) is 23.5 Å². The number of carboxylic acids is 1. The van der Waals surface area contributed by atoms with Crippen molar-refractivity contribution < 1.29 is 131 Å². The summed E-state index contributed by atoms with van der Waals surface area (Å²) in [5.41, 5.74) is 6.75. The van der Waals surface area contributed by atoms with Crippen molar-refractivity contribution in [3.05, 3.63) is 18.2 Å². The van der Waals surface area contributed by atoms with Crippen LogP contribution < -0.4 is 117 Å². The Hall–Kier alpha value is -11.9. The highest BCUT2D eigenvalue weighted by molar-refractivity contribution is 7.98. The zero-order valence-corrected chi connectivity index (χ0v) is 86.7. The van der Waals surface area contributed by atoms with E-state index in [0.717, 1.165) is 20.8 Å². The van der Waals surface area contributed by atoms with E-state index < -0.39 is 307 Å². The summed E-state index contributed by atoms with van der Waals surface area (Å²) in [5, 5.41) is 102. The number of carboxylic acid groups (broad SMARTS) is 1. The number of aliphatic hydroxyl groups excluding tert-OH is 4. The van der Waals surface area contributed by atoms with Gasteiger partial charge in [0.15, 0.2) is 0 Å². The van der Waals surface area contributed by atoms with Crippen LogP contribution in [-0.2, 0) is 112 Å². The largest absolute Gasteiger partial charge is 0.480 e. The highest BCUT2D eigenvalue weighted by Gasteiger charge is 2.41. The highest BCUT2D eigenvalue weighted by Crippen LogP contribution is 2.16. The molecule has 0 unspecified atom stereocenters. The van der Waals surface area contributed by atoms with E-state index in [9.17, 15) is 131 Å². The number of aliphatic carboxylic acids is 1. The molecular formula is C89H154N24O27S2. The maximum Gasteiger partial charge on any atom is 0.326 e. The lowest BCUT2D eigenvalue weighted by atomic mass is 9.99. The molecule has 0 aliphatic heterocycles. The number of H-pyrrole nitrogens is 1. The zero-order valence-electron chi connectivity index (χ0n) is 85.1. The van der Waals surface area contributed by atoms with Gasteiger partial charge in [-0.25, -0.2) is 9.78 Å². The Bertz CT molecular complexity index is 4390. The van der Waals surface area contributed by atoms with Crippen LogP contribution in [0.4, 0.5) is 0 Å². The molecule has 0 aliphatic carbocycles. The molecule has 0 saturated heterocycles. The van der Waals surface area contributed by atoms with Gasteiger partial charge in [-0.15, -0.1) is 0 Å². The number of hydrogen-bond donors (Lipinski definition) is 28. The molecule has 53 heteroatoms. The van der Waals surface area contributed by atoms with Crippen molar-refractivity contribution in [3.63, 3.8) is 0 Å². The SMILES string of the molecule is CC[C@H](C)[C@H](NC(=O)[C@H](C)NC(=O)[C@@H](NC(=O)[C@H](C)NC(=O)CNC(=O)[C@@H](NC(=O)CNC(=O)[C@H](C)NC(=O)CNC(=O)[C@H](C)NC(=O)[C@H](CCSC)NC(=O)[C@H](CO)NC(=O)[C@H](CC(C)C)NC(=O)[C@@H](NC(=O)[C@@H](NC(=O)[C@H](C)NC(=O)[C@H](CC(C)C)NC(=O)[C@H](C)NC(=O)[C@H](CC(C)C)NC(=O)[C@H](CCSC)NC(=O)[C@@H](NC(=O)[C@@H](N)Cc1cnc[nH]1)C(C)C)[C@@H](C)O)C(C)C)[C@@H](C)O)[C@@H](C)O)C(=O)O. The highest BCUT2D eigenvalue weighted by atomic mass is 32.2. The Labute approximate surface area is 835 Å². The molecule has 29 N–H and O–H groups in total. The van der Waals surface area contributed by atoms with Gasteiger partial charge in [0.2, 0.25) is 124 Å². The van der Waals surface area contributed by atoms with Crippen molar-refractivity contribution in [1.82, 2.24) is 122 Å². The second kappa shape index (κ2) is 64.6. The third-order valence-corrected chi connectivity index (χ3v) is 23.2. The predicted octanol–water partition coefficient (Wildman–Crippen LogP) is -8.30. The summed E-state index contributed by atoms with van der Waals surface area (Å²) in [6, 6.07) is -26.9. The lowest BCUT2D eigenvalue weighted by Gasteiger charge is -2.30. The van der Waals surface area contributed by atoms with E-state index in [0.29, 0.717) is 17.9 Å². The standard InChI is InChI=1S/C89H154N24O27S2/c1-24-44(12)67(89(139)140)111-75(125)50(18)101-87(137)69(52(20)116)112-74(124)47(15)97-63(119)35-94-84(134)68(51(19)115)108-64(120)36-93-71(121)45(13)96-62(118)34-92-72(122)46(14)98-78(128)56(25-27-141-22)102-83(133)61(37-114)107-82(132)60(31-41(6)7)106-86(136)66(43(10)11)110-88(138)70(53(21)117)113-76(126)49(17)100-80(130)58(29-39(2)3)104-73(123)48(16)99-81(131)59(30-40(4)5)105-79(129)57(26-28-142-23)103-85(135)65(42(8)9)109-77(127)55(90)32-54-33-91-38-95-54/h33,38-53,55-61,65-70,114-117H,24-32,34-37,90H2,1-23H3,(H,91,95)(H,92,122)(H,93,121)(H,94,134)(H,96,118)(H,97,119)(H,98,128)(H,99,131)(H,100,130)(H,101,137)(H,102,133)(H,103,135)(H,104,123)(H,105,129)(H,106,136)(H,107,132)(H,108,120)(H,109,127)(H,110,138)(H,111,125)(H,112,124)(H,113,126)(H,139,140)/t44-,45-,46-,47-,48-,49-,50-,51+,52+,53+,55-,56-,57-,58-,59-,60-,61-,65-,66-,67-,68-,69-,70-/m0/s1. The fourth-order valence-corrected chi connectivity index (χ4v) is 14.3. The summed E-state index contributed by atoms with van der Waals surface area (Å²) in [6.45, 7) is 27.6. The fraction of sp³-hybridized carbons (Fsp3) is 0.719. The topological polar surface area (TPSA) is 784 Å². The van der Waals surface area contributed by atoms with Gasteiger partial charge >= 0.3 is 5.97 Å². The van der Waals surface area contributed by atoms with Crippen LogP contribution in [0.25, 0.3) is 0 Å². The van der Waals surface area contributed by atoms with Crippen molar-refractivity contribution in [2.75, 3.05) is 50.3 Å². The van der Waals surface area contributed by atoms with Crippen molar-refractivity contribution in [3.8, 4) is 0 Å². The number of aromatic amines is 1. The van der Waals surface area contributed by atoms with Crippen LogP contribution in [0.1, 0.15) is 190 Å². The first-order valence-electron chi connectivity index (χ1n) is 47.0. The van der Waals surface area contributed by atoms with E-state index >= 15 is 0 Å². The minimum Gasteiger partial charge on any atom is -0.480 e. The third kappa shape index (κ3) is 46.8. The normalized spacial score (nSPS) is 16.2. The average Bonchev–Trinajstić information content (AvgIpc) is 0.903. The molecule has 0 spiro atoms. The van der Waals surface area contributed by atoms with Gasteiger partial charge in [-0.1, -0.05) is 89.5 Å². The summed E-state index contributed by atoms with van der Waals surface area (Å²) in [7, 11) is 0. The Morgan fingerprint density at radius 1 is 0.331 bits per heavy atom. The van der Waals surface area contributed by atoms with Gasteiger partial charge < -0.3 is 148 Å². The molecule has 804 valence electrons. The first-order chi connectivity index (χ1) is 66.2. The molecule has 0 saturated carbocycles. The first-order valence-corrected chi connectivity index (χ1v) is 49.8. The van der Waals surface area contributed by atoms with Crippen LogP contribution in [0.15, 0.2) is 12.5 Å². The Morgan fingerprint density at radius 2 is 0.606 bits per heavy atom. The Morgan fingerprint density at radius 3 is 0.972 bits per heavy atom. The smallest absolute Gasteiger partial charge is 0.326 e. The lowest BCUT2D eigenvalue weighted by molar-refractivity contribution is -0.144. The first kappa shape index (κ1) is 128. The number of carbonyl (C=O) groups excluding carboxylic acids is 21. The van der Waals surface area contributed by atoms with Crippen LogP contribution in [0, 0.1) is 35.5 Å². The number of thioether (sulfide) groups is 2. The van der Waals surface area contributed by atoms with E-state index in [1.807, 2.05) is 0 Å². The summed E-state index contributed by atoms with van der Waals surface area (Å²) >= 11 is 2.66. The molecule has 0 aliphatic rings. The Balaban J connectivity index is 3.06. The maximum absolute atomic E-state index is 14.3. The van der Waals surface area contributed by atoms with E-state index in [1.54, 1.807) is 81.7 Å². The number of aliphatic hydroxyl groups is 4. The number of nitrogens with zero attached hydrogens (tertiary/aromatic N) is 1. The molecule has 0 radical (unpaired) electrons. The van der Waals surface area contributed by atoms with Crippen LogP contribution in [0.5, 0.6) is 0 Å². The molecule has 0 fully saturated rings. The minimum atomic E-state index is -1.80. The minimum absolute atomic E-state index is 0.00263. The zero-order chi connectivity index (χ0) is 109. The molecule has 1 aromatic heterocycles. The fourth-order valence-electron chi connectivity index (χ4n) is 13.3. The molecule has 23 atom stereocenters. The average molecular weight is 2060 g/mol. The van der Waals surface area contributed by atoms with E-state index in [2.05, 4.69) is 122 Å². The number of nitrogens with one attached hydrogen (secondary N) is 22. The second-order valence-corrected chi connectivity index (χ2v) is 38.9. The van der Waals surface area contributed by atoms with E-state index in [-0.39, 0.29) is 62.0 Å². The molecule has 0 aromatic carbocycles. The summed E-state index contributed by atoms with van der Waals surface area (Å²) in [5.74, 6) is -22.7. The molecular weight excluding hydrogens is 1900 g/mol. The summed E-state index contributed by atoms with van der Waals surface area (Å²) in [4.78, 5) is 303. The van der Waals surface area contributed by atoms with Crippen molar-refractivity contribution in [2.24, 2.45) is 41.2 Å².